The number of hydrogen-bond acceptors (Lipinski definition) is 3. The van der Waals surface area contributed by atoms with E-state index >= 15 is 0 Å². The number of hydrogen-bond donors (Lipinski definition) is 2. The van der Waals surface area contributed by atoms with Crippen LogP contribution in [0.25, 0.3) is 0 Å². The molecule has 1 atom stereocenters. The van der Waals surface area contributed by atoms with Gasteiger partial charge >= 0.3 is 12.1 Å². The first-order chi connectivity index (χ1) is 10.7. The molecule has 1 saturated heterocycles. The molecule has 23 heavy (non-hydrogen) atoms. The zero-order valence-corrected chi connectivity index (χ0v) is 11.8. The highest BCUT2D eigenvalue weighted by Gasteiger charge is 2.40. The van der Waals surface area contributed by atoms with Crippen molar-refractivity contribution < 1.29 is 32.7 Å². The van der Waals surface area contributed by atoms with Crippen LogP contribution in [0.3, 0.4) is 0 Å². The van der Waals surface area contributed by atoms with Crippen molar-refractivity contribution in [2.45, 2.75) is 12.6 Å². The van der Waals surface area contributed by atoms with Crippen molar-refractivity contribution in [2.75, 3.05) is 18.4 Å². The number of amides is 2. The number of rotatable bonds is 4. The van der Waals surface area contributed by atoms with Crippen LogP contribution >= 0.6 is 0 Å². The molecule has 0 spiro atoms. The summed E-state index contributed by atoms with van der Waals surface area (Å²) in [6.45, 7) is -1.70. The zero-order valence-electron chi connectivity index (χ0n) is 11.8. The number of likely N-dealkylation sites (tertiary alicyclic amines) is 1. The van der Waals surface area contributed by atoms with Crippen LogP contribution in [-0.4, -0.2) is 47.1 Å². The molecular weight excluding hydrogens is 317 g/mol. The van der Waals surface area contributed by atoms with Crippen molar-refractivity contribution in [1.82, 2.24) is 4.90 Å². The quantitative estimate of drug-likeness (QED) is 0.880. The predicted octanol–water partition coefficient (Wildman–Crippen LogP) is 1.73. The van der Waals surface area contributed by atoms with Crippen LogP contribution in [0.5, 0.6) is 0 Å². The van der Waals surface area contributed by atoms with E-state index in [1.807, 2.05) is 0 Å². The lowest BCUT2D eigenvalue weighted by molar-refractivity contribution is -0.157. The van der Waals surface area contributed by atoms with Crippen molar-refractivity contribution in [3.8, 4) is 0 Å². The number of benzene rings is 1. The molecule has 2 amide bonds. The Bertz CT molecular complexity index is 645. The maximum Gasteiger partial charge on any atom is 0.406 e. The number of nitrogens with zero attached hydrogens (tertiary/aromatic N) is 1. The molecule has 0 aliphatic carbocycles. The Kier molecular flexibility index (Phi) is 4.57. The van der Waals surface area contributed by atoms with Crippen LogP contribution < -0.4 is 5.32 Å². The molecule has 0 saturated carbocycles. The van der Waals surface area contributed by atoms with E-state index < -0.39 is 36.4 Å². The molecule has 1 aliphatic rings. The summed E-state index contributed by atoms with van der Waals surface area (Å²) < 4.78 is 37.0. The average Bonchev–Trinajstić information content (AvgIpc) is 2.78. The summed E-state index contributed by atoms with van der Waals surface area (Å²) in [4.78, 5) is 35.0. The molecule has 9 heteroatoms. The van der Waals surface area contributed by atoms with Gasteiger partial charge < -0.3 is 15.3 Å². The van der Waals surface area contributed by atoms with E-state index in [0.717, 1.165) is 0 Å². The standard InChI is InChI=1S/C14H13F3N2O4/c15-14(16,17)7-19-6-9(5-11(19)20)12(21)18-10-3-1-2-8(4-10)13(22)23/h1-4,9H,5-7H2,(H,18,21)(H,22,23). The van der Waals surface area contributed by atoms with Gasteiger partial charge in [0.05, 0.1) is 11.5 Å². The third-order valence-corrected chi connectivity index (χ3v) is 3.33. The van der Waals surface area contributed by atoms with Crippen LogP contribution in [0.15, 0.2) is 24.3 Å². The van der Waals surface area contributed by atoms with E-state index in [-0.39, 0.29) is 24.2 Å². The summed E-state index contributed by atoms with van der Waals surface area (Å²) in [5.41, 5.74) is 0.167. The first-order valence-corrected chi connectivity index (χ1v) is 6.64. The third-order valence-electron chi connectivity index (χ3n) is 3.33. The topological polar surface area (TPSA) is 86.7 Å². The maximum absolute atomic E-state index is 12.3. The Balaban J connectivity index is 2.01. The lowest BCUT2D eigenvalue weighted by Gasteiger charge is -2.18. The molecular formula is C14H13F3N2O4. The number of anilines is 1. The van der Waals surface area contributed by atoms with E-state index in [0.29, 0.717) is 4.90 Å². The molecule has 0 bridgehead atoms. The number of aromatic carboxylic acids is 1. The van der Waals surface area contributed by atoms with E-state index in [1.165, 1.54) is 24.3 Å². The Morgan fingerprint density at radius 2 is 2.04 bits per heavy atom. The SMILES string of the molecule is O=C(O)c1cccc(NC(=O)C2CC(=O)N(CC(F)(F)F)C2)c1. The van der Waals surface area contributed by atoms with E-state index in [4.69, 9.17) is 5.11 Å². The van der Waals surface area contributed by atoms with E-state index in [2.05, 4.69) is 5.32 Å². The highest BCUT2D eigenvalue weighted by molar-refractivity contribution is 5.98. The fraction of sp³-hybridized carbons (Fsp3) is 0.357. The summed E-state index contributed by atoms with van der Waals surface area (Å²) >= 11 is 0. The maximum atomic E-state index is 12.3. The molecule has 1 aliphatic heterocycles. The second kappa shape index (κ2) is 6.27. The summed E-state index contributed by atoms with van der Waals surface area (Å²) in [7, 11) is 0. The molecule has 2 N–H and O–H groups in total. The van der Waals surface area contributed by atoms with Gasteiger partial charge in [-0.25, -0.2) is 4.79 Å². The second-order valence-corrected chi connectivity index (χ2v) is 5.17. The van der Waals surface area contributed by atoms with Gasteiger partial charge in [0.1, 0.15) is 6.54 Å². The van der Waals surface area contributed by atoms with Crippen molar-refractivity contribution in [3.63, 3.8) is 0 Å². The smallest absolute Gasteiger partial charge is 0.406 e. The molecule has 1 unspecified atom stereocenters. The van der Waals surface area contributed by atoms with Gasteiger partial charge in [0.25, 0.3) is 0 Å². The fourth-order valence-corrected chi connectivity index (χ4v) is 2.29. The van der Waals surface area contributed by atoms with Gasteiger partial charge in [-0.15, -0.1) is 0 Å². The van der Waals surface area contributed by atoms with E-state index in [1.54, 1.807) is 0 Å². The molecule has 0 radical (unpaired) electrons. The monoisotopic (exact) mass is 330 g/mol. The van der Waals surface area contributed by atoms with Gasteiger partial charge in [-0.3, -0.25) is 9.59 Å². The summed E-state index contributed by atoms with van der Waals surface area (Å²) in [5.74, 6) is -3.43. The highest BCUT2D eigenvalue weighted by atomic mass is 19.4. The van der Waals surface area contributed by atoms with Crippen LogP contribution in [0.2, 0.25) is 0 Å². The lowest BCUT2D eigenvalue weighted by Crippen LogP contribution is -2.36. The third kappa shape index (κ3) is 4.44. The number of carboxylic acids is 1. The second-order valence-electron chi connectivity index (χ2n) is 5.17. The van der Waals surface area contributed by atoms with Crippen LogP contribution in [-0.2, 0) is 9.59 Å². The number of carboxylic acid groups (broad SMARTS) is 1. The average molecular weight is 330 g/mol. The molecule has 6 nitrogen and oxygen atoms in total. The van der Waals surface area contributed by atoms with Gasteiger partial charge in [0.2, 0.25) is 11.8 Å². The summed E-state index contributed by atoms with van der Waals surface area (Å²) in [6.07, 6.45) is -4.82. The summed E-state index contributed by atoms with van der Waals surface area (Å²) in [5, 5.41) is 11.3. The minimum Gasteiger partial charge on any atom is -0.478 e. The number of alkyl halides is 3. The summed E-state index contributed by atoms with van der Waals surface area (Å²) in [6, 6.07) is 5.44. The molecule has 2 rings (SSSR count). The number of nitrogens with one attached hydrogen (secondary N) is 1. The van der Waals surface area contributed by atoms with Crippen molar-refractivity contribution in [3.05, 3.63) is 29.8 Å². The van der Waals surface area contributed by atoms with Crippen molar-refractivity contribution in [2.24, 2.45) is 5.92 Å². The predicted molar refractivity (Wildman–Crippen MR) is 72.8 cm³/mol. The Hall–Kier alpha value is -2.58. The number of carbonyl (C=O) groups is 3. The Labute approximate surface area is 128 Å². The van der Waals surface area contributed by atoms with Gasteiger partial charge in [-0.05, 0) is 18.2 Å². The minimum atomic E-state index is -4.52. The molecule has 1 aromatic rings. The van der Waals surface area contributed by atoms with Gasteiger partial charge in [0, 0.05) is 18.7 Å². The largest absolute Gasteiger partial charge is 0.478 e. The fourth-order valence-electron chi connectivity index (χ4n) is 2.29. The van der Waals surface area contributed by atoms with Crippen LogP contribution in [0.1, 0.15) is 16.8 Å². The van der Waals surface area contributed by atoms with Gasteiger partial charge in [-0.1, -0.05) is 6.07 Å². The molecule has 1 aromatic carbocycles. The van der Waals surface area contributed by atoms with Crippen LogP contribution in [0.4, 0.5) is 18.9 Å². The first-order valence-electron chi connectivity index (χ1n) is 6.64. The Morgan fingerprint density at radius 1 is 1.35 bits per heavy atom. The number of halogens is 3. The molecule has 1 fully saturated rings. The molecule has 1 heterocycles. The minimum absolute atomic E-state index is 0.0380. The zero-order chi connectivity index (χ0) is 17.2. The Morgan fingerprint density at radius 3 is 2.65 bits per heavy atom. The first kappa shape index (κ1) is 16.8. The van der Waals surface area contributed by atoms with Crippen LogP contribution in [0, 0.1) is 5.92 Å². The normalized spacial score (nSPS) is 18.1. The van der Waals surface area contributed by atoms with Gasteiger partial charge in [-0.2, -0.15) is 13.2 Å². The molecule has 0 aromatic heterocycles. The number of carbonyl (C=O) groups excluding carboxylic acids is 2. The van der Waals surface area contributed by atoms with Crippen molar-refractivity contribution in [1.29, 1.82) is 0 Å². The molecule has 124 valence electrons. The highest BCUT2D eigenvalue weighted by Crippen LogP contribution is 2.25. The van der Waals surface area contributed by atoms with Gasteiger partial charge in [0.15, 0.2) is 0 Å². The van der Waals surface area contributed by atoms with E-state index in [9.17, 15) is 27.6 Å². The lowest BCUT2D eigenvalue weighted by atomic mass is 10.1. The van der Waals surface area contributed by atoms with Crippen molar-refractivity contribution >= 4 is 23.5 Å².